The summed E-state index contributed by atoms with van der Waals surface area (Å²) in [5.74, 6) is 1.26. The number of ether oxygens (including phenoxy) is 1. The van der Waals surface area contributed by atoms with Crippen LogP contribution in [0.15, 0.2) is 66.2 Å². The molecule has 0 bridgehead atoms. The molecule has 0 saturated heterocycles. The van der Waals surface area contributed by atoms with Crippen LogP contribution in [0.5, 0.6) is 11.5 Å². The molecule has 0 fully saturated rings. The van der Waals surface area contributed by atoms with Crippen molar-refractivity contribution in [2.75, 3.05) is 13.1 Å². The first kappa shape index (κ1) is 16.1. The van der Waals surface area contributed by atoms with E-state index < -0.39 is 0 Å². The van der Waals surface area contributed by atoms with E-state index in [-0.39, 0.29) is 12.3 Å². The second kappa shape index (κ2) is 6.85. The Balaban J connectivity index is 1.69. The molecule has 2 N–H and O–H groups in total. The molecule has 0 amide bonds. The summed E-state index contributed by atoms with van der Waals surface area (Å²) in [6.45, 7) is 0.459. The molecule has 0 spiro atoms. The van der Waals surface area contributed by atoms with Gasteiger partial charge < -0.3 is 10.5 Å². The summed E-state index contributed by atoms with van der Waals surface area (Å²) < 4.78 is 5.79. The van der Waals surface area contributed by atoms with Crippen LogP contribution in [0.25, 0.3) is 11.1 Å². The predicted molar refractivity (Wildman–Crippen MR) is 98.8 cm³/mol. The van der Waals surface area contributed by atoms with Crippen LogP contribution in [-0.4, -0.2) is 34.6 Å². The number of benzene rings is 1. The third kappa shape index (κ3) is 3.10. The van der Waals surface area contributed by atoms with E-state index in [0.29, 0.717) is 23.6 Å². The summed E-state index contributed by atoms with van der Waals surface area (Å²) in [5, 5.41) is 0. The number of Topliss-reactive ketones (excluding diaryl/α,β-unsaturated/α-hetero) is 1. The molecule has 128 valence electrons. The minimum absolute atomic E-state index is 0.00976. The van der Waals surface area contributed by atoms with Gasteiger partial charge in [-0.25, -0.2) is 0 Å². The summed E-state index contributed by atoms with van der Waals surface area (Å²) in [5.41, 5.74) is 9.79. The van der Waals surface area contributed by atoms with Crippen molar-refractivity contribution in [3.8, 4) is 22.6 Å². The van der Waals surface area contributed by atoms with Crippen molar-refractivity contribution in [1.29, 1.82) is 0 Å². The van der Waals surface area contributed by atoms with E-state index in [1.807, 2.05) is 30.3 Å². The van der Waals surface area contributed by atoms with Gasteiger partial charge in [-0.2, -0.15) is 0 Å². The number of fused-ring (bicyclic) bond motifs is 1. The average molecular weight is 344 g/mol. The first-order valence-electron chi connectivity index (χ1n) is 8.19. The van der Waals surface area contributed by atoms with Crippen LogP contribution in [0.4, 0.5) is 0 Å². The molecule has 0 atom stereocenters. The van der Waals surface area contributed by atoms with E-state index in [1.54, 1.807) is 30.9 Å². The standard InChI is InChI=1S/C20H16N4O2/c21-8-19-18-7-13(3-4-17(18)20(25)12-24-19)14-6-16(11-23-9-14)26-15-2-1-5-22-10-15/h1-7,9-11H,8,12,21H2. The van der Waals surface area contributed by atoms with Crippen LogP contribution >= 0.6 is 0 Å². The van der Waals surface area contributed by atoms with Gasteiger partial charge >= 0.3 is 0 Å². The van der Waals surface area contributed by atoms with E-state index in [9.17, 15) is 4.79 Å². The number of hydrogen-bond acceptors (Lipinski definition) is 6. The second-order valence-corrected chi connectivity index (χ2v) is 5.85. The summed E-state index contributed by atoms with van der Waals surface area (Å²) in [7, 11) is 0. The number of rotatable bonds is 4. The summed E-state index contributed by atoms with van der Waals surface area (Å²) in [6.07, 6.45) is 6.72. The number of pyridine rings is 2. The maximum Gasteiger partial charge on any atom is 0.184 e. The Morgan fingerprint density at radius 1 is 0.962 bits per heavy atom. The van der Waals surface area contributed by atoms with Crippen LogP contribution < -0.4 is 10.5 Å². The van der Waals surface area contributed by atoms with Crippen molar-refractivity contribution in [3.63, 3.8) is 0 Å². The zero-order valence-electron chi connectivity index (χ0n) is 13.9. The second-order valence-electron chi connectivity index (χ2n) is 5.85. The molecule has 2 aromatic heterocycles. The van der Waals surface area contributed by atoms with Crippen LogP contribution in [0.1, 0.15) is 15.9 Å². The van der Waals surface area contributed by atoms with Gasteiger partial charge in [-0.05, 0) is 29.8 Å². The van der Waals surface area contributed by atoms with E-state index in [0.717, 1.165) is 22.4 Å². The van der Waals surface area contributed by atoms with Crippen LogP contribution in [0.2, 0.25) is 0 Å². The maximum atomic E-state index is 12.1. The lowest BCUT2D eigenvalue weighted by Crippen LogP contribution is -2.24. The van der Waals surface area contributed by atoms with Gasteiger partial charge in [0.15, 0.2) is 5.78 Å². The van der Waals surface area contributed by atoms with Gasteiger partial charge in [0.05, 0.1) is 18.1 Å². The smallest absolute Gasteiger partial charge is 0.184 e. The van der Waals surface area contributed by atoms with Crippen LogP contribution in [0, 0.1) is 0 Å². The molecular formula is C20H16N4O2. The minimum Gasteiger partial charge on any atom is -0.454 e. The highest BCUT2D eigenvalue weighted by atomic mass is 16.5. The third-order valence-corrected chi connectivity index (χ3v) is 4.15. The maximum absolute atomic E-state index is 12.1. The van der Waals surface area contributed by atoms with E-state index in [1.165, 1.54) is 0 Å². The average Bonchev–Trinajstić information content (AvgIpc) is 2.69. The quantitative estimate of drug-likeness (QED) is 0.786. The van der Waals surface area contributed by atoms with Gasteiger partial charge in [0.2, 0.25) is 0 Å². The minimum atomic E-state index is 0.00976. The topological polar surface area (TPSA) is 90.5 Å². The van der Waals surface area contributed by atoms with Crippen molar-refractivity contribution in [2.24, 2.45) is 10.7 Å². The SMILES string of the molecule is NCC1=NCC(=O)c2ccc(-c3cncc(Oc4cccnc4)c3)cc21. The van der Waals surface area contributed by atoms with Crippen LogP contribution in [-0.2, 0) is 0 Å². The molecular weight excluding hydrogens is 328 g/mol. The lowest BCUT2D eigenvalue weighted by Gasteiger charge is -2.16. The zero-order valence-corrected chi connectivity index (χ0v) is 13.9. The molecule has 6 heteroatoms. The van der Waals surface area contributed by atoms with E-state index >= 15 is 0 Å². The Hall–Kier alpha value is -3.38. The first-order chi connectivity index (χ1) is 12.7. The van der Waals surface area contributed by atoms with Gasteiger partial charge in [0.25, 0.3) is 0 Å². The summed E-state index contributed by atoms with van der Waals surface area (Å²) >= 11 is 0. The number of ketones is 1. The summed E-state index contributed by atoms with van der Waals surface area (Å²) in [6, 6.07) is 11.2. The van der Waals surface area contributed by atoms with E-state index in [4.69, 9.17) is 10.5 Å². The molecule has 0 unspecified atom stereocenters. The molecule has 3 heterocycles. The fourth-order valence-electron chi connectivity index (χ4n) is 2.89. The lowest BCUT2D eigenvalue weighted by atomic mass is 9.93. The third-order valence-electron chi connectivity index (χ3n) is 4.15. The summed E-state index contributed by atoms with van der Waals surface area (Å²) in [4.78, 5) is 24.6. The monoisotopic (exact) mass is 344 g/mol. The highest BCUT2D eigenvalue weighted by molar-refractivity contribution is 6.16. The number of carbonyl (C=O) groups excluding carboxylic acids is 1. The molecule has 1 aromatic carbocycles. The van der Waals surface area contributed by atoms with Gasteiger partial charge in [0.1, 0.15) is 18.0 Å². The van der Waals surface area contributed by atoms with Gasteiger partial charge in [-0.3, -0.25) is 19.8 Å². The molecule has 3 aromatic rings. The zero-order chi connectivity index (χ0) is 17.9. The number of hydrogen-bond donors (Lipinski definition) is 1. The fourth-order valence-corrected chi connectivity index (χ4v) is 2.89. The molecule has 0 aliphatic carbocycles. The molecule has 0 radical (unpaired) electrons. The molecule has 6 nitrogen and oxygen atoms in total. The number of carbonyl (C=O) groups is 1. The first-order valence-corrected chi connectivity index (χ1v) is 8.19. The Morgan fingerprint density at radius 3 is 2.65 bits per heavy atom. The largest absolute Gasteiger partial charge is 0.454 e. The Bertz CT molecular complexity index is 1000. The van der Waals surface area contributed by atoms with Crippen molar-refractivity contribution >= 4 is 11.5 Å². The van der Waals surface area contributed by atoms with Crippen molar-refractivity contribution < 1.29 is 9.53 Å². The lowest BCUT2D eigenvalue weighted by molar-refractivity contribution is 0.1000. The number of aliphatic imine (C=N–C) groups is 1. The van der Waals surface area contributed by atoms with Crippen molar-refractivity contribution in [3.05, 3.63) is 72.3 Å². The highest BCUT2D eigenvalue weighted by Gasteiger charge is 2.20. The molecule has 1 aliphatic rings. The molecule has 4 rings (SSSR count). The van der Waals surface area contributed by atoms with Gasteiger partial charge in [-0.1, -0.05) is 12.1 Å². The Labute approximate surface area is 150 Å². The molecule has 26 heavy (non-hydrogen) atoms. The van der Waals surface area contributed by atoms with Crippen LogP contribution in [0.3, 0.4) is 0 Å². The Morgan fingerprint density at radius 2 is 1.85 bits per heavy atom. The number of nitrogens with two attached hydrogens (primary N) is 1. The number of nitrogens with zero attached hydrogens (tertiary/aromatic N) is 3. The fraction of sp³-hybridized carbons (Fsp3) is 0.100. The van der Waals surface area contributed by atoms with E-state index in [2.05, 4.69) is 15.0 Å². The number of aromatic nitrogens is 2. The van der Waals surface area contributed by atoms with Crippen molar-refractivity contribution in [1.82, 2.24) is 9.97 Å². The van der Waals surface area contributed by atoms with Gasteiger partial charge in [0, 0.05) is 35.6 Å². The highest BCUT2D eigenvalue weighted by Crippen LogP contribution is 2.28. The molecule has 0 saturated carbocycles. The van der Waals surface area contributed by atoms with Gasteiger partial charge in [-0.15, -0.1) is 0 Å². The normalized spacial score (nSPS) is 13.1. The van der Waals surface area contributed by atoms with Crippen molar-refractivity contribution in [2.45, 2.75) is 0 Å². The Kier molecular flexibility index (Phi) is 4.25. The molecule has 1 aliphatic heterocycles. The predicted octanol–water partition coefficient (Wildman–Crippen LogP) is 2.88.